The summed E-state index contributed by atoms with van der Waals surface area (Å²) in [6, 6.07) is 12.0. The first-order valence-electron chi connectivity index (χ1n) is 10.6. The molecule has 0 fully saturated rings. The van der Waals surface area contributed by atoms with Gasteiger partial charge in [0.2, 0.25) is 5.91 Å². The van der Waals surface area contributed by atoms with Crippen LogP contribution in [-0.4, -0.2) is 46.9 Å². The average molecular weight is 428 g/mol. The molecule has 1 aliphatic heterocycles. The third kappa shape index (κ3) is 5.42. The summed E-state index contributed by atoms with van der Waals surface area (Å²) in [4.78, 5) is 31.3. The van der Waals surface area contributed by atoms with Gasteiger partial charge in [0.25, 0.3) is 0 Å². The summed E-state index contributed by atoms with van der Waals surface area (Å²) in [5.74, 6) is 0.267. The summed E-state index contributed by atoms with van der Waals surface area (Å²) in [6.07, 6.45) is 0.862. The summed E-state index contributed by atoms with van der Waals surface area (Å²) in [6.45, 7) is 11.3. The van der Waals surface area contributed by atoms with Crippen LogP contribution >= 0.6 is 11.3 Å². The Balaban J connectivity index is 1.85. The molecule has 0 spiro atoms. The van der Waals surface area contributed by atoms with Crippen molar-refractivity contribution in [2.45, 2.75) is 52.6 Å². The van der Waals surface area contributed by atoms with Gasteiger partial charge in [0, 0.05) is 23.5 Å². The predicted molar refractivity (Wildman–Crippen MR) is 123 cm³/mol. The van der Waals surface area contributed by atoms with Crippen LogP contribution in [0.4, 0.5) is 4.79 Å². The molecule has 0 aliphatic carbocycles. The molecule has 1 unspecified atom stereocenters. The molecule has 0 saturated heterocycles. The second-order valence-electron chi connectivity index (χ2n) is 9.40. The number of rotatable bonds is 5. The first-order valence-corrected chi connectivity index (χ1v) is 11.5. The molecule has 30 heavy (non-hydrogen) atoms. The van der Waals surface area contributed by atoms with Gasteiger partial charge in [-0.2, -0.15) is 0 Å². The predicted octanol–water partition coefficient (Wildman–Crippen LogP) is 4.69. The lowest BCUT2D eigenvalue weighted by Crippen LogP contribution is -2.53. The van der Waals surface area contributed by atoms with Crippen LogP contribution in [0.1, 0.15) is 56.7 Å². The Hall–Kier alpha value is -2.34. The molecule has 1 aromatic carbocycles. The minimum atomic E-state index is -0.349. The Morgan fingerprint density at radius 3 is 2.53 bits per heavy atom. The monoisotopic (exact) mass is 427 g/mol. The number of nitrogens with one attached hydrogen (secondary N) is 1. The lowest BCUT2D eigenvalue weighted by Gasteiger charge is -2.38. The minimum Gasteiger partial charge on any atom is -0.333 e. The molecule has 1 aromatic heterocycles. The lowest BCUT2D eigenvalue weighted by atomic mass is 9.93. The molecule has 6 heteroatoms. The second kappa shape index (κ2) is 9.21. The van der Waals surface area contributed by atoms with E-state index in [1.807, 2.05) is 43.9 Å². The van der Waals surface area contributed by atoms with E-state index in [4.69, 9.17) is 0 Å². The summed E-state index contributed by atoms with van der Waals surface area (Å²) in [5.41, 5.74) is 1.97. The van der Waals surface area contributed by atoms with Crippen molar-refractivity contribution in [3.8, 4) is 0 Å². The van der Waals surface area contributed by atoms with E-state index in [1.54, 1.807) is 16.2 Å². The standard InChI is InChI=1S/C24H33N3O2S/c1-17(2)15-26(23(29)25-24(3,4)5)16-21(28)27-13-11-20-19(12-14-30-20)22(27)18-9-7-6-8-10-18/h6-10,12,14,17,22H,11,13,15-16H2,1-5H3,(H,25,29). The fraction of sp³-hybridized carbons (Fsp3) is 0.500. The number of benzene rings is 1. The SMILES string of the molecule is CC(C)CN(CC(=O)N1CCc2sccc2C1c1ccccc1)C(=O)NC(C)(C)C. The van der Waals surface area contributed by atoms with E-state index in [1.165, 1.54) is 10.4 Å². The summed E-state index contributed by atoms with van der Waals surface area (Å²) in [7, 11) is 0. The number of fused-ring (bicyclic) bond motifs is 1. The van der Waals surface area contributed by atoms with Crippen molar-refractivity contribution in [1.82, 2.24) is 15.1 Å². The zero-order valence-electron chi connectivity index (χ0n) is 18.6. The molecule has 0 radical (unpaired) electrons. The van der Waals surface area contributed by atoms with E-state index < -0.39 is 0 Å². The maximum Gasteiger partial charge on any atom is 0.318 e. The van der Waals surface area contributed by atoms with E-state index in [-0.39, 0.29) is 36.0 Å². The number of urea groups is 1. The Labute approximate surface area is 184 Å². The van der Waals surface area contributed by atoms with E-state index in [2.05, 4.69) is 42.7 Å². The van der Waals surface area contributed by atoms with Crippen LogP contribution in [-0.2, 0) is 11.2 Å². The fourth-order valence-electron chi connectivity index (χ4n) is 3.89. The molecule has 2 aromatic rings. The molecule has 162 valence electrons. The number of carbonyl (C=O) groups is 2. The number of thiophene rings is 1. The van der Waals surface area contributed by atoms with Crippen molar-refractivity contribution < 1.29 is 9.59 Å². The average Bonchev–Trinajstić information content (AvgIpc) is 3.14. The molecular formula is C24H33N3O2S. The summed E-state index contributed by atoms with van der Waals surface area (Å²) >= 11 is 1.76. The van der Waals surface area contributed by atoms with Gasteiger partial charge in [-0.1, -0.05) is 44.2 Å². The first-order chi connectivity index (χ1) is 14.2. The molecule has 2 heterocycles. The van der Waals surface area contributed by atoms with Crippen molar-refractivity contribution in [2.24, 2.45) is 5.92 Å². The Morgan fingerprint density at radius 1 is 1.20 bits per heavy atom. The fourth-order valence-corrected chi connectivity index (χ4v) is 4.80. The van der Waals surface area contributed by atoms with Crippen LogP contribution in [0.15, 0.2) is 41.8 Å². The topological polar surface area (TPSA) is 52.7 Å². The van der Waals surface area contributed by atoms with Crippen LogP contribution in [0, 0.1) is 5.92 Å². The van der Waals surface area contributed by atoms with Gasteiger partial charge in [-0.3, -0.25) is 4.79 Å². The van der Waals surface area contributed by atoms with E-state index >= 15 is 0 Å². The van der Waals surface area contributed by atoms with Crippen LogP contribution in [0.3, 0.4) is 0 Å². The van der Waals surface area contributed by atoms with E-state index in [0.29, 0.717) is 13.1 Å². The third-order valence-corrected chi connectivity index (χ3v) is 6.08. The van der Waals surface area contributed by atoms with Gasteiger partial charge in [-0.15, -0.1) is 11.3 Å². The molecule has 3 rings (SSSR count). The second-order valence-corrected chi connectivity index (χ2v) is 10.4. The summed E-state index contributed by atoms with van der Waals surface area (Å²) < 4.78 is 0. The maximum absolute atomic E-state index is 13.5. The van der Waals surface area contributed by atoms with Gasteiger partial charge in [0.05, 0.1) is 6.04 Å². The highest BCUT2D eigenvalue weighted by molar-refractivity contribution is 7.10. The zero-order chi connectivity index (χ0) is 21.9. The van der Waals surface area contributed by atoms with Crippen LogP contribution < -0.4 is 5.32 Å². The van der Waals surface area contributed by atoms with Crippen LogP contribution in [0.2, 0.25) is 0 Å². The third-order valence-electron chi connectivity index (χ3n) is 5.08. The molecular weight excluding hydrogens is 394 g/mol. The Bertz CT molecular complexity index is 870. The van der Waals surface area contributed by atoms with Crippen molar-refractivity contribution in [2.75, 3.05) is 19.6 Å². The van der Waals surface area contributed by atoms with Gasteiger partial charge >= 0.3 is 6.03 Å². The van der Waals surface area contributed by atoms with Crippen molar-refractivity contribution in [3.05, 3.63) is 57.8 Å². The molecule has 0 saturated carbocycles. The smallest absolute Gasteiger partial charge is 0.318 e. The largest absolute Gasteiger partial charge is 0.333 e. The molecule has 5 nitrogen and oxygen atoms in total. The molecule has 1 N–H and O–H groups in total. The van der Waals surface area contributed by atoms with E-state index in [9.17, 15) is 9.59 Å². The van der Waals surface area contributed by atoms with Crippen molar-refractivity contribution in [3.63, 3.8) is 0 Å². The highest BCUT2D eigenvalue weighted by Gasteiger charge is 2.34. The molecule has 0 bridgehead atoms. The van der Waals surface area contributed by atoms with Crippen molar-refractivity contribution >= 4 is 23.3 Å². The summed E-state index contributed by atoms with van der Waals surface area (Å²) in [5, 5.41) is 5.11. The van der Waals surface area contributed by atoms with Gasteiger partial charge in [0.1, 0.15) is 6.54 Å². The van der Waals surface area contributed by atoms with Gasteiger partial charge < -0.3 is 15.1 Å². The minimum absolute atomic E-state index is 0.00888. The number of amides is 3. The van der Waals surface area contributed by atoms with Gasteiger partial charge in [-0.05, 0) is 55.7 Å². The van der Waals surface area contributed by atoms with Gasteiger partial charge in [0.15, 0.2) is 0 Å². The highest BCUT2D eigenvalue weighted by atomic mass is 32.1. The maximum atomic E-state index is 13.5. The molecule has 1 aliphatic rings. The quantitative estimate of drug-likeness (QED) is 0.753. The first kappa shape index (κ1) is 22.3. The van der Waals surface area contributed by atoms with Crippen LogP contribution in [0.25, 0.3) is 0 Å². The molecule has 1 atom stereocenters. The Morgan fingerprint density at radius 2 is 1.90 bits per heavy atom. The number of nitrogens with zero attached hydrogens (tertiary/aromatic N) is 2. The molecule has 3 amide bonds. The van der Waals surface area contributed by atoms with Crippen molar-refractivity contribution in [1.29, 1.82) is 0 Å². The van der Waals surface area contributed by atoms with E-state index in [0.717, 1.165) is 12.0 Å². The zero-order valence-corrected chi connectivity index (χ0v) is 19.5. The number of hydrogen-bond donors (Lipinski definition) is 1. The number of hydrogen-bond acceptors (Lipinski definition) is 3. The normalized spacial score (nSPS) is 16.3. The lowest BCUT2D eigenvalue weighted by molar-refractivity contribution is -0.134. The van der Waals surface area contributed by atoms with Gasteiger partial charge in [-0.25, -0.2) is 4.79 Å². The Kier molecular flexibility index (Phi) is 6.86. The highest BCUT2D eigenvalue weighted by Crippen LogP contribution is 2.37. The number of carbonyl (C=O) groups excluding carboxylic acids is 2. The van der Waals surface area contributed by atoms with Crippen LogP contribution in [0.5, 0.6) is 0 Å².